The van der Waals surface area contributed by atoms with Crippen molar-refractivity contribution in [1.29, 1.82) is 0 Å². The van der Waals surface area contributed by atoms with E-state index in [2.05, 4.69) is 30.4 Å². The fourth-order valence-electron chi connectivity index (χ4n) is 3.20. The van der Waals surface area contributed by atoms with Crippen LogP contribution in [0.25, 0.3) is 0 Å². The molecule has 0 unspecified atom stereocenters. The van der Waals surface area contributed by atoms with Gasteiger partial charge in [0.25, 0.3) is 0 Å². The van der Waals surface area contributed by atoms with Crippen LogP contribution in [0.1, 0.15) is 55.3 Å². The maximum atomic E-state index is 12.1. The summed E-state index contributed by atoms with van der Waals surface area (Å²) in [4.78, 5) is 12.1. The zero-order valence-electron chi connectivity index (χ0n) is 12.2. The zero-order chi connectivity index (χ0) is 13.9. The molecule has 20 heavy (non-hydrogen) atoms. The van der Waals surface area contributed by atoms with Gasteiger partial charge in [0.1, 0.15) is 6.10 Å². The molecule has 0 saturated carbocycles. The third-order valence-corrected chi connectivity index (χ3v) is 4.45. The van der Waals surface area contributed by atoms with Crippen molar-refractivity contribution in [3.63, 3.8) is 0 Å². The van der Waals surface area contributed by atoms with Crippen molar-refractivity contribution >= 4 is 5.91 Å². The molecule has 1 saturated heterocycles. The molecule has 1 aliphatic heterocycles. The Bertz CT molecular complexity index is 492. The maximum Gasteiger partial charge on any atom is 0.249 e. The molecule has 1 aliphatic carbocycles. The molecule has 1 fully saturated rings. The second-order valence-corrected chi connectivity index (χ2v) is 5.97. The van der Waals surface area contributed by atoms with Gasteiger partial charge in [-0.2, -0.15) is 0 Å². The Morgan fingerprint density at radius 3 is 2.80 bits per heavy atom. The Morgan fingerprint density at radius 1 is 1.25 bits per heavy atom. The van der Waals surface area contributed by atoms with E-state index in [0.717, 1.165) is 12.8 Å². The average molecular weight is 273 g/mol. The van der Waals surface area contributed by atoms with E-state index in [4.69, 9.17) is 4.74 Å². The number of carbonyl (C=O) groups is 1. The smallest absolute Gasteiger partial charge is 0.249 e. The minimum Gasteiger partial charge on any atom is -0.368 e. The molecule has 0 spiro atoms. The van der Waals surface area contributed by atoms with Crippen LogP contribution in [0.5, 0.6) is 0 Å². The van der Waals surface area contributed by atoms with Crippen LogP contribution in [-0.2, 0) is 22.4 Å². The third-order valence-electron chi connectivity index (χ3n) is 4.45. The summed E-state index contributed by atoms with van der Waals surface area (Å²) in [7, 11) is 0. The lowest BCUT2D eigenvalue weighted by Crippen LogP contribution is -2.35. The third kappa shape index (κ3) is 2.88. The lowest BCUT2D eigenvalue weighted by Gasteiger charge is -2.21. The molecule has 2 aliphatic rings. The minimum absolute atomic E-state index is 0.0349. The lowest BCUT2D eigenvalue weighted by atomic mass is 9.89. The summed E-state index contributed by atoms with van der Waals surface area (Å²) in [6.45, 7) is 2.77. The molecule has 3 rings (SSSR count). The summed E-state index contributed by atoms with van der Waals surface area (Å²) < 4.78 is 5.43. The van der Waals surface area contributed by atoms with Gasteiger partial charge in [-0.1, -0.05) is 18.2 Å². The van der Waals surface area contributed by atoms with E-state index < -0.39 is 0 Å². The van der Waals surface area contributed by atoms with Crippen LogP contribution in [0, 0.1) is 0 Å². The van der Waals surface area contributed by atoms with Crippen LogP contribution < -0.4 is 5.32 Å². The molecule has 1 heterocycles. The van der Waals surface area contributed by atoms with Gasteiger partial charge in [-0.3, -0.25) is 4.79 Å². The van der Waals surface area contributed by atoms with Crippen molar-refractivity contribution in [2.45, 2.75) is 57.6 Å². The van der Waals surface area contributed by atoms with Crippen molar-refractivity contribution in [2.24, 2.45) is 0 Å². The summed E-state index contributed by atoms with van der Waals surface area (Å²) in [6, 6.07) is 6.72. The average Bonchev–Trinajstić information content (AvgIpc) is 3.01. The first-order valence-corrected chi connectivity index (χ1v) is 7.78. The molecular formula is C17H23NO2. The highest BCUT2D eigenvalue weighted by atomic mass is 16.5. The van der Waals surface area contributed by atoms with E-state index in [1.165, 1.54) is 42.4 Å². The summed E-state index contributed by atoms with van der Waals surface area (Å²) in [5.41, 5.74) is 4.15. The van der Waals surface area contributed by atoms with Gasteiger partial charge < -0.3 is 10.1 Å². The van der Waals surface area contributed by atoms with Crippen LogP contribution in [-0.4, -0.2) is 18.6 Å². The molecule has 3 nitrogen and oxygen atoms in total. The van der Waals surface area contributed by atoms with E-state index in [1.54, 1.807) is 0 Å². The van der Waals surface area contributed by atoms with Gasteiger partial charge in [0.2, 0.25) is 5.91 Å². The second kappa shape index (κ2) is 5.96. The number of hydrogen-bond donors (Lipinski definition) is 1. The van der Waals surface area contributed by atoms with Gasteiger partial charge in [0.05, 0.1) is 6.04 Å². The van der Waals surface area contributed by atoms with Gasteiger partial charge >= 0.3 is 0 Å². The summed E-state index contributed by atoms with van der Waals surface area (Å²) in [5.74, 6) is 0.0349. The predicted molar refractivity (Wildman–Crippen MR) is 78.6 cm³/mol. The number of ether oxygens (including phenoxy) is 1. The number of nitrogens with one attached hydrogen (secondary N) is 1. The highest BCUT2D eigenvalue weighted by Gasteiger charge is 2.25. The Hall–Kier alpha value is -1.35. The second-order valence-electron chi connectivity index (χ2n) is 5.97. The number of benzene rings is 1. The number of amides is 1. The van der Waals surface area contributed by atoms with Crippen LogP contribution >= 0.6 is 0 Å². The molecule has 108 valence electrons. The Labute approximate surface area is 120 Å². The fraction of sp³-hybridized carbons (Fsp3) is 0.588. The summed E-state index contributed by atoms with van der Waals surface area (Å²) in [5, 5.41) is 3.08. The standard InChI is InChI=1S/C17H23NO2/c1-12(18-17(19)16-7-4-10-20-16)14-9-8-13-5-2-3-6-15(13)11-14/h8-9,11-12,16H,2-7,10H2,1H3,(H,18,19)/t12-,16+/m1/s1. The molecule has 1 N–H and O–H groups in total. The van der Waals surface area contributed by atoms with Crippen LogP contribution in [0.4, 0.5) is 0 Å². The first-order valence-electron chi connectivity index (χ1n) is 7.78. The van der Waals surface area contributed by atoms with Gasteiger partial charge in [-0.25, -0.2) is 0 Å². The molecule has 0 bridgehead atoms. The van der Waals surface area contributed by atoms with Gasteiger partial charge in [-0.15, -0.1) is 0 Å². The number of rotatable bonds is 3. The number of hydrogen-bond acceptors (Lipinski definition) is 2. The summed E-state index contributed by atoms with van der Waals surface area (Å²) >= 11 is 0. The van der Waals surface area contributed by atoms with E-state index in [-0.39, 0.29) is 18.1 Å². The highest BCUT2D eigenvalue weighted by molar-refractivity contribution is 5.81. The monoisotopic (exact) mass is 273 g/mol. The molecule has 1 aromatic carbocycles. The fourth-order valence-corrected chi connectivity index (χ4v) is 3.20. The Balaban J connectivity index is 1.67. The summed E-state index contributed by atoms with van der Waals surface area (Å²) in [6.07, 6.45) is 6.57. The molecular weight excluding hydrogens is 250 g/mol. The molecule has 0 radical (unpaired) electrons. The normalized spacial score (nSPS) is 23.1. The van der Waals surface area contributed by atoms with Crippen molar-refractivity contribution in [3.05, 3.63) is 34.9 Å². The Kier molecular flexibility index (Phi) is 4.06. The van der Waals surface area contributed by atoms with Gasteiger partial charge in [0, 0.05) is 6.61 Å². The van der Waals surface area contributed by atoms with E-state index in [0.29, 0.717) is 6.61 Å². The highest BCUT2D eigenvalue weighted by Crippen LogP contribution is 2.25. The first kappa shape index (κ1) is 13.6. The number of aryl methyl sites for hydroxylation is 2. The predicted octanol–water partition coefficient (Wildman–Crippen LogP) is 2.92. The maximum absolute atomic E-state index is 12.1. The van der Waals surface area contributed by atoms with Crippen LogP contribution in [0.15, 0.2) is 18.2 Å². The minimum atomic E-state index is -0.241. The Morgan fingerprint density at radius 2 is 2.05 bits per heavy atom. The van der Waals surface area contributed by atoms with Crippen molar-refractivity contribution in [2.75, 3.05) is 6.61 Å². The molecule has 1 aromatic rings. The molecule has 0 aromatic heterocycles. The van der Waals surface area contributed by atoms with Crippen molar-refractivity contribution in [3.8, 4) is 0 Å². The molecule has 1 amide bonds. The molecule has 3 heteroatoms. The lowest BCUT2D eigenvalue weighted by molar-refractivity contribution is -0.130. The molecule has 2 atom stereocenters. The van der Waals surface area contributed by atoms with Gasteiger partial charge in [-0.05, 0) is 62.1 Å². The van der Waals surface area contributed by atoms with E-state index in [1.807, 2.05) is 0 Å². The first-order chi connectivity index (χ1) is 9.74. The SMILES string of the molecule is C[C@@H](NC(=O)[C@@H]1CCCO1)c1ccc2c(c1)CCCC2. The van der Waals surface area contributed by atoms with Crippen molar-refractivity contribution < 1.29 is 9.53 Å². The van der Waals surface area contributed by atoms with Crippen LogP contribution in [0.3, 0.4) is 0 Å². The zero-order valence-corrected chi connectivity index (χ0v) is 12.2. The van der Waals surface area contributed by atoms with Crippen molar-refractivity contribution in [1.82, 2.24) is 5.32 Å². The van der Waals surface area contributed by atoms with Crippen LogP contribution in [0.2, 0.25) is 0 Å². The largest absolute Gasteiger partial charge is 0.368 e. The van der Waals surface area contributed by atoms with Gasteiger partial charge in [0.15, 0.2) is 0 Å². The van der Waals surface area contributed by atoms with E-state index >= 15 is 0 Å². The number of fused-ring (bicyclic) bond motifs is 1. The number of carbonyl (C=O) groups excluding carboxylic acids is 1. The topological polar surface area (TPSA) is 38.3 Å². The van der Waals surface area contributed by atoms with E-state index in [9.17, 15) is 4.79 Å². The quantitative estimate of drug-likeness (QED) is 0.919.